The number of amides is 5. The fraction of sp³-hybridized carbons (Fsp3) is 0.378. The van der Waals surface area contributed by atoms with Gasteiger partial charge in [-0.25, -0.2) is 0 Å². The number of guanidine groups is 2. The Bertz CT molecular complexity index is 1880. The SMILES string of the molecule is NC(N)=NCCC[C@@H]1NC(=O)[C@H](CCCN=C(N)N)NC(=O)[C@@H](Cc2ccc(O)cc2)NC(=O)[C@@H](CS)NC(=O)[C@H](Cc2ccc3ccccc3c2)NC1=O. The van der Waals surface area contributed by atoms with Crippen LogP contribution in [0.1, 0.15) is 36.8 Å². The molecule has 3 aromatic rings. The minimum absolute atomic E-state index is 0.00363. The number of aliphatic imine (C=N–C) groups is 2. The van der Waals surface area contributed by atoms with E-state index in [0.29, 0.717) is 5.56 Å². The molecule has 0 bridgehead atoms. The van der Waals surface area contributed by atoms with Gasteiger partial charge in [0.2, 0.25) is 29.5 Å². The Morgan fingerprint density at radius 1 is 0.564 bits per heavy atom. The van der Waals surface area contributed by atoms with Crippen molar-refractivity contribution >= 4 is 64.9 Å². The summed E-state index contributed by atoms with van der Waals surface area (Å²) in [5.41, 5.74) is 23.2. The van der Waals surface area contributed by atoms with Crippen molar-refractivity contribution in [2.45, 2.75) is 68.7 Å². The zero-order valence-corrected chi connectivity index (χ0v) is 31.1. The minimum Gasteiger partial charge on any atom is -0.508 e. The van der Waals surface area contributed by atoms with Gasteiger partial charge in [-0.2, -0.15) is 12.6 Å². The molecule has 294 valence electrons. The molecule has 18 heteroatoms. The summed E-state index contributed by atoms with van der Waals surface area (Å²) in [6.07, 6.45) is 0.658. The standard InChI is InChI=1S/C37H49N11O6S/c38-36(39)42-15-3-7-26-31(50)44-27(8-4-16-43-37(40)41)32(51)46-29(19-22-9-12-23-5-1-2-6-24(23)17-22)34(53)48-30(20-55)35(54)47-28(33(52)45-26)18-21-10-13-25(49)14-11-21/h1-2,5-6,9-14,17,26-30,49,55H,3-4,7-8,15-16,18-20H2,(H,44,50)(H,45,52)(H,46,51)(H,47,54)(H,48,53)(H4,38,39,42)(H4,40,41,43)/t26-,27-,28+,29-,30+/m0/s1. The topological polar surface area (TPSA) is 295 Å². The second-order valence-corrected chi connectivity index (χ2v) is 13.5. The summed E-state index contributed by atoms with van der Waals surface area (Å²) in [5, 5.41) is 25.4. The number of aromatic hydroxyl groups is 1. The highest BCUT2D eigenvalue weighted by Gasteiger charge is 2.34. The van der Waals surface area contributed by atoms with Gasteiger partial charge in [-0.3, -0.25) is 34.0 Å². The average molecular weight is 776 g/mol. The number of nitrogens with one attached hydrogen (secondary N) is 5. The molecule has 17 nitrogen and oxygen atoms in total. The van der Waals surface area contributed by atoms with Crippen molar-refractivity contribution in [3.05, 3.63) is 77.9 Å². The van der Waals surface area contributed by atoms with Gasteiger partial charge in [0, 0.05) is 31.7 Å². The third-order valence-corrected chi connectivity index (χ3v) is 9.23. The fourth-order valence-electron chi connectivity index (χ4n) is 5.99. The predicted molar refractivity (Wildman–Crippen MR) is 213 cm³/mol. The molecule has 1 fully saturated rings. The number of carbonyl (C=O) groups excluding carboxylic acids is 5. The molecule has 1 aliphatic rings. The van der Waals surface area contributed by atoms with Crippen LogP contribution in [0.2, 0.25) is 0 Å². The molecule has 0 aromatic heterocycles. The summed E-state index contributed by atoms with van der Waals surface area (Å²) in [4.78, 5) is 77.7. The van der Waals surface area contributed by atoms with Crippen molar-refractivity contribution in [3.63, 3.8) is 0 Å². The van der Waals surface area contributed by atoms with Gasteiger partial charge in [-0.15, -0.1) is 0 Å². The van der Waals surface area contributed by atoms with Gasteiger partial charge >= 0.3 is 0 Å². The smallest absolute Gasteiger partial charge is 0.244 e. The van der Waals surface area contributed by atoms with Gasteiger partial charge in [0.05, 0.1) is 0 Å². The Labute approximate surface area is 323 Å². The lowest BCUT2D eigenvalue weighted by Crippen LogP contribution is -2.58. The molecule has 0 saturated carbocycles. The number of nitrogens with zero attached hydrogens (tertiary/aromatic N) is 2. The van der Waals surface area contributed by atoms with Crippen LogP contribution in [0.15, 0.2) is 76.7 Å². The number of phenols is 1. The quantitative estimate of drug-likeness (QED) is 0.0427. The molecular weight excluding hydrogens is 727 g/mol. The van der Waals surface area contributed by atoms with E-state index in [1.54, 1.807) is 12.1 Å². The van der Waals surface area contributed by atoms with Crippen LogP contribution in [-0.2, 0) is 36.8 Å². The molecule has 1 heterocycles. The number of rotatable bonds is 13. The van der Waals surface area contributed by atoms with Crippen molar-refractivity contribution in [3.8, 4) is 5.75 Å². The lowest BCUT2D eigenvalue weighted by molar-refractivity contribution is -0.134. The number of thiol groups is 1. The molecule has 0 aliphatic carbocycles. The largest absolute Gasteiger partial charge is 0.508 e. The summed E-state index contributed by atoms with van der Waals surface area (Å²) >= 11 is 4.32. The van der Waals surface area contributed by atoms with Gasteiger partial charge in [0.15, 0.2) is 11.9 Å². The number of nitrogens with two attached hydrogens (primary N) is 4. The van der Waals surface area contributed by atoms with E-state index in [2.05, 4.69) is 49.2 Å². The number of benzene rings is 3. The maximum atomic E-state index is 14.0. The van der Waals surface area contributed by atoms with E-state index in [1.165, 1.54) is 12.1 Å². The first-order valence-electron chi connectivity index (χ1n) is 17.8. The number of phenolic OH excluding ortho intramolecular Hbond substituents is 1. The number of fused-ring (bicyclic) bond motifs is 1. The highest BCUT2D eigenvalue weighted by Crippen LogP contribution is 2.18. The van der Waals surface area contributed by atoms with Gasteiger partial charge in [0.1, 0.15) is 36.0 Å². The normalized spacial score (nSPS) is 21.1. The highest BCUT2D eigenvalue weighted by atomic mass is 32.1. The fourth-order valence-corrected chi connectivity index (χ4v) is 6.25. The highest BCUT2D eigenvalue weighted by molar-refractivity contribution is 7.80. The third-order valence-electron chi connectivity index (χ3n) is 8.87. The van der Waals surface area contributed by atoms with Crippen LogP contribution in [0.25, 0.3) is 10.8 Å². The molecule has 0 radical (unpaired) electrons. The van der Waals surface area contributed by atoms with E-state index in [1.807, 2.05) is 42.5 Å². The van der Waals surface area contributed by atoms with E-state index in [0.717, 1.165) is 16.3 Å². The molecule has 4 rings (SSSR count). The van der Waals surface area contributed by atoms with Gasteiger partial charge in [-0.1, -0.05) is 54.6 Å². The van der Waals surface area contributed by atoms with Crippen molar-refractivity contribution in [2.75, 3.05) is 18.8 Å². The van der Waals surface area contributed by atoms with Crippen LogP contribution in [0.3, 0.4) is 0 Å². The van der Waals surface area contributed by atoms with Crippen molar-refractivity contribution in [1.82, 2.24) is 26.6 Å². The number of hydrogen-bond acceptors (Lipinski definition) is 9. The Morgan fingerprint density at radius 3 is 1.49 bits per heavy atom. The summed E-state index contributed by atoms with van der Waals surface area (Å²) in [7, 11) is 0. The number of carbonyl (C=O) groups is 5. The minimum atomic E-state index is -1.24. The Kier molecular flexibility index (Phi) is 15.5. The molecule has 3 aromatic carbocycles. The monoisotopic (exact) mass is 775 g/mol. The summed E-state index contributed by atoms with van der Waals surface area (Å²) in [6, 6.07) is 13.3. The Hall–Kier alpha value is -6.04. The zero-order valence-electron chi connectivity index (χ0n) is 30.2. The third kappa shape index (κ3) is 13.1. The maximum Gasteiger partial charge on any atom is 0.244 e. The Balaban J connectivity index is 1.73. The molecule has 14 N–H and O–H groups in total. The molecular formula is C37H49N11O6S. The molecule has 1 aliphatic heterocycles. The van der Waals surface area contributed by atoms with E-state index in [4.69, 9.17) is 22.9 Å². The van der Waals surface area contributed by atoms with E-state index in [9.17, 15) is 29.1 Å². The molecule has 0 unspecified atom stereocenters. The Morgan fingerprint density at radius 2 is 0.982 bits per heavy atom. The van der Waals surface area contributed by atoms with Gasteiger partial charge in [0.25, 0.3) is 0 Å². The molecule has 5 amide bonds. The van der Waals surface area contributed by atoms with E-state index >= 15 is 0 Å². The first-order valence-corrected chi connectivity index (χ1v) is 18.4. The molecule has 5 atom stereocenters. The average Bonchev–Trinajstić information content (AvgIpc) is 3.15. The van der Waals surface area contributed by atoms with E-state index in [-0.39, 0.29) is 75.0 Å². The summed E-state index contributed by atoms with van der Waals surface area (Å²) in [5.74, 6) is -3.95. The summed E-state index contributed by atoms with van der Waals surface area (Å²) in [6.45, 7) is 0.296. The van der Waals surface area contributed by atoms with Gasteiger partial charge < -0.3 is 54.6 Å². The zero-order chi connectivity index (χ0) is 39.9. The second-order valence-electron chi connectivity index (χ2n) is 13.1. The van der Waals surface area contributed by atoms with Crippen LogP contribution >= 0.6 is 12.6 Å². The van der Waals surface area contributed by atoms with Crippen molar-refractivity contribution in [1.29, 1.82) is 0 Å². The summed E-state index contributed by atoms with van der Waals surface area (Å²) < 4.78 is 0. The first kappa shape index (κ1) is 41.7. The lowest BCUT2D eigenvalue weighted by atomic mass is 10.00. The van der Waals surface area contributed by atoms with Crippen molar-refractivity contribution < 1.29 is 29.1 Å². The number of hydrogen-bond donors (Lipinski definition) is 11. The maximum absolute atomic E-state index is 14.0. The molecule has 0 spiro atoms. The molecule has 55 heavy (non-hydrogen) atoms. The van der Waals surface area contributed by atoms with Crippen LogP contribution in [-0.4, -0.2) is 95.6 Å². The molecule has 1 saturated heterocycles. The predicted octanol–water partition coefficient (Wildman–Crippen LogP) is -1.19. The van der Waals surface area contributed by atoms with Crippen LogP contribution in [0, 0.1) is 0 Å². The first-order chi connectivity index (χ1) is 26.3. The van der Waals surface area contributed by atoms with Crippen molar-refractivity contribution in [2.24, 2.45) is 32.9 Å². The van der Waals surface area contributed by atoms with Crippen LogP contribution < -0.4 is 49.5 Å². The van der Waals surface area contributed by atoms with Crippen LogP contribution in [0.5, 0.6) is 5.75 Å². The van der Waals surface area contributed by atoms with Gasteiger partial charge in [-0.05, 0) is 59.7 Å². The second kappa shape index (κ2) is 20.4. The lowest BCUT2D eigenvalue weighted by Gasteiger charge is -2.26. The van der Waals surface area contributed by atoms with E-state index < -0.39 is 59.7 Å². The van der Waals surface area contributed by atoms with Crippen LogP contribution in [0.4, 0.5) is 0 Å².